The highest BCUT2D eigenvalue weighted by Crippen LogP contribution is 2.21. The van der Waals surface area contributed by atoms with E-state index in [-0.39, 0.29) is 12.4 Å². The minimum atomic E-state index is 0.189. The number of ether oxygens (including phenoxy) is 1. The number of methoxy groups -OCH3 is 1. The summed E-state index contributed by atoms with van der Waals surface area (Å²) in [5, 5.41) is 0. The molecule has 0 radical (unpaired) electrons. The van der Waals surface area contributed by atoms with Crippen LogP contribution in [0.15, 0.2) is 0 Å². The van der Waals surface area contributed by atoms with Crippen molar-refractivity contribution in [3.8, 4) is 0 Å². The van der Waals surface area contributed by atoms with Crippen molar-refractivity contribution < 1.29 is 9.53 Å². The lowest BCUT2D eigenvalue weighted by Gasteiger charge is -2.35. The Kier molecular flexibility index (Phi) is 4.55. The Morgan fingerprint density at radius 1 is 1.50 bits per heavy atom. The monoisotopic (exact) mass is 199 g/mol. The van der Waals surface area contributed by atoms with Crippen molar-refractivity contribution in [3.63, 3.8) is 0 Å². The van der Waals surface area contributed by atoms with Gasteiger partial charge < -0.3 is 4.74 Å². The van der Waals surface area contributed by atoms with E-state index in [1.807, 2.05) is 0 Å². The Labute approximate surface area is 86.4 Å². The number of hydrogen-bond acceptors (Lipinski definition) is 3. The summed E-state index contributed by atoms with van der Waals surface area (Å²) in [4.78, 5) is 13.6. The van der Waals surface area contributed by atoms with Crippen molar-refractivity contribution in [1.82, 2.24) is 4.90 Å². The number of ketones is 1. The molecule has 0 spiro atoms. The molecule has 0 aromatic heterocycles. The van der Waals surface area contributed by atoms with Gasteiger partial charge in [-0.25, -0.2) is 0 Å². The van der Waals surface area contributed by atoms with Crippen LogP contribution in [0.2, 0.25) is 0 Å². The van der Waals surface area contributed by atoms with Gasteiger partial charge in [-0.1, -0.05) is 6.92 Å². The Bertz CT molecular complexity index is 194. The fourth-order valence-corrected chi connectivity index (χ4v) is 2.12. The quantitative estimate of drug-likeness (QED) is 0.684. The van der Waals surface area contributed by atoms with E-state index in [0.717, 1.165) is 12.5 Å². The fraction of sp³-hybridized carbons (Fsp3) is 0.909. The number of carbonyl (C=O) groups excluding carboxylic acids is 1. The summed E-state index contributed by atoms with van der Waals surface area (Å²) in [5.41, 5.74) is 0. The highest BCUT2D eigenvalue weighted by Gasteiger charge is 2.23. The van der Waals surface area contributed by atoms with Crippen molar-refractivity contribution in [3.05, 3.63) is 0 Å². The first kappa shape index (κ1) is 11.7. The van der Waals surface area contributed by atoms with Crippen LogP contribution in [0.25, 0.3) is 0 Å². The first-order valence-corrected chi connectivity index (χ1v) is 5.38. The van der Waals surface area contributed by atoms with E-state index in [4.69, 9.17) is 4.74 Å². The van der Waals surface area contributed by atoms with Gasteiger partial charge in [-0.05, 0) is 32.2 Å². The molecule has 0 bridgehead atoms. The summed E-state index contributed by atoms with van der Waals surface area (Å²) in [6, 6.07) is 0.541. The van der Waals surface area contributed by atoms with Gasteiger partial charge in [0.25, 0.3) is 0 Å². The van der Waals surface area contributed by atoms with Crippen LogP contribution in [0, 0.1) is 5.92 Å². The maximum atomic E-state index is 11.4. The van der Waals surface area contributed by atoms with Crippen LogP contribution < -0.4 is 0 Å². The molecule has 1 rings (SSSR count). The largest absolute Gasteiger partial charge is 0.377 e. The van der Waals surface area contributed by atoms with Gasteiger partial charge in [-0.2, -0.15) is 0 Å². The van der Waals surface area contributed by atoms with Crippen molar-refractivity contribution >= 4 is 5.78 Å². The van der Waals surface area contributed by atoms with Crippen molar-refractivity contribution in [2.45, 2.75) is 32.7 Å². The average molecular weight is 199 g/mol. The lowest BCUT2D eigenvalue weighted by molar-refractivity contribution is -0.124. The predicted octanol–water partition coefficient (Wildman–Crippen LogP) is 1.32. The number of nitrogens with zero attached hydrogens (tertiary/aromatic N) is 1. The summed E-state index contributed by atoms with van der Waals surface area (Å²) in [6.45, 7) is 6.35. The number of carbonyl (C=O) groups is 1. The third-order valence-corrected chi connectivity index (χ3v) is 2.96. The standard InChI is InChI=1S/C11H21NO2/c1-9-4-5-12(10(2)6-9)7-11(13)8-14-3/h9-10H,4-8H2,1-3H3. The second-order valence-electron chi connectivity index (χ2n) is 4.42. The van der Waals surface area contributed by atoms with Gasteiger partial charge >= 0.3 is 0 Å². The molecule has 82 valence electrons. The van der Waals surface area contributed by atoms with Crippen LogP contribution in [0.1, 0.15) is 26.7 Å². The second kappa shape index (κ2) is 5.47. The number of hydrogen-bond donors (Lipinski definition) is 0. The Hall–Kier alpha value is -0.410. The van der Waals surface area contributed by atoms with Gasteiger partial charge in [0, 0.05) is 13.2 Å². The van der Waals surface area contributed by atoms with Crippen molar-refractivity contribution in [1.29, 1.82) is 0 Å². The molecule has 2 unspecified atom stereocenters. The van der Waals surface area contributed by atoms with Gasteiger partial charge in [-0.3, -0.25) is 9.69 Å². The Balaban J connectivity index is 2.33. The smallest absolute Gasteiger partial charge is 0.172 e. The summed E-state index contributed by atoms with van der Waals surface area (Å²) in [6.07, 6.45) is 2.42. The Morgan fingerprint density at radius 2 is 2.21 bits per heavy atom. The highest BCUT2D eigenvalue weighted by molar-refractivity contribution is 5.81. The zero-order valence-electron chi connectivity index (χ0n) is 9.45. The summed E-state index contributed by atoms with van der Waals surface area (Å²) >= 11 is 0. The number of piperidine rings is 1. The topological polar surface area (TPSA) is 29.5 Å². The van der Waals surface area contributed by atoms with E-state index in [2.05, 4.69) is 18.7 Å². The maximum Gasteiger partial charge on any atom is 0.172 e. The van der Waals surface area contributed by atoms with E-state index in [1.54, 1.807) is 7.11 Å². The molecule has 0 aromatic carbocycles. The van der Waals surface area contributed by atoms with Crippen LogP contribution >= 0.6 is 0 Å². The third kappa shape index (κ3) is 3.39. The normalized spacial score (nSPS) is 29.1. The number of likely N-dealkylation sites (tertiary alicyclic amines) is 1. The van der Waals surface area contributed by atoms with Crippen LogP contribution in [0.3, 0.4) is 0 Å². The van der Waals surface area contributed by atoms with Gasteiger partial charge in [0.05, 0.1) is 6.54 Å². The molecule has 1 aliphatic heterocycles. The zero-order chi connectivity index (χ0) is 10.6. The van der Waals surface area contributed by atoms with Gasteiger partial charge in [-0.15, -0.1) is 0 Å². The molecule has 3 heteroatoms. The van der Waals surface area contributed by atoms with Gasteiger partial charge in [0.15, 0.2) is 5.78 Å². The lowest BCUT2D eigenvalue weighted by atomic mass is 9.93. The number of rotatable bonds is 4. The summed E-state index contributed by atoms with van der Waals surface area (Å²) in [7, 11) is 1.57. The minimum Gasteiger partial charge on any atom is -0.377 e. The number of Topliss-reactive ketones (excluding diaryl/α,β-unsaturated/α-hetero) is 1. The first-order valence-electron chi connectivity index (χ1n) is 5.38. The van der Waals surface area contributed by atoms with E-state index in [0.29, 0.717) is 12.6 Å². The van der Waals surface area contributed by atoms with E-state index < -0.39 is 0 Å². The molecular formula is C11H21NO2. The molecule has 1 heterocycles. The molecule has 3 nitrogen and oxygen atoms in total. The second-order valence-corrected chi connectivity index (χ2v) is 4.42. The van der Waals surface area contributed by atoms with E-state index in [9.17, 15) is 4.79 Å². The molecule has 0 saturated carbocycles. The van der Waals surface area contributed by atoms with Gasteiger partial charge in [0.2, 0.25) is 0 Å². The predicted molar refractivity (Wildman–Crippen MR) is 56.3 cm³/mol. The zero-order valence-corrected chi connectivity index (χ0v) is 9.45. The molecule has 0 amide bonds. The van der Waals surface area contributed by atoms with Crippen LogP contribution in [-0.4, -0.2) is 43.5 Å². The maximum absolute atomic E-state index is 11.4. The Morgan fingerprint density at radius 3 is 2.79 bits per heavy atom. The molecule has 2 atom stereocenters. The fourth-order valence-electron chi connectivity index (χ4n) is 2.12. The third-order valence-electron chi connectivity index (χ3n) is 2.96. The first-order chi connectivity index (χ1) is 6.63. The molecule has 1 saturated heterocycles. The molecule has 0 aliphatic carbocycles. The van der Waals surface area contributed by atoms with Crippen molar-refractivity contribution in [2.75, 3.05) is 26.8 Å². The lowest BCUT2D eigenvalue weighted by Crippen LogP contribution is -2.43. The average Bonchev–Trinajstić information content (AvgIpc) is 2.10. The molecule has 0 N–H and O–H groups in total. The summed E-state index contributed by atoms with van der Waals surface area (Å²) in [5.74, 6) is 0.993. The van der Waals surface area contributed by atoms with Crippen LogP contribution in [0.5, 0.6) is 0 Å². The molecular weight excluding hydrogens is 178 g/mol. The van der Waals surface area contributed by atoms with E-state index >= 15 is 0 Å². The molecule has 0 aromatic rings. The minimum absolute atomic E-state index is 0.189. The molecule has 1 fully saturated rings. The SMILES string of the molecule is COCC(=O)CN1CCC(C)CC1C. The molecule has 14 heavy (non-hydrogen) atoms. The van der Waals surface area contributed by atoms with Gasteiger partial charge in [0.1, 0.15) is 6.61 Å². The van der Waals surface area contributed by atoms with Crippen LogP contribution in [0.4, 0.5) is 0 Å². The molecule has 1 aliphatic rings. The van der Waals surface area contributed by atoms with Crippen LogP contribution in [-0.2, 0) is 9.53 Å². The summed E-state index contributed by atoms with van der Waals surface area (Å²) < 4.78 is 4.83. The van der Waals surface area contributed by atoms with E-state index in [1.165, 1.54) is 12.8 Å². The highest BCUT2D eigenvalue weighted by atomic mass is 16.5. The van der Waals surface area contributed by atoms with Crippen molar-refractivity contribution in [2.24, 2.45) is 5.92 Å².